The SMILES string of the molecule is Cc1c([C@@H](C)NC(=O)NC2CCC(S(C)(=O)=O)CC2)oc2ccccc12. The van der Waals surface area contributed by atoms with Gasteiger partial charge in [0.2, 0.25) is 0 Å². The van der Waals surface area contributed by atoms with Crippen molar-refractivity contribution in [3.63, 3.8) is 0 Å². The van der Waals surface area contributed by atoms with Gasteiger partial charge in [-0.15, -0.1) is 0 Å². The van der Waals surface area contributed by atoms with Gasteiger partial charge >= 0.3 is 6.03 Å². The van der Waals surface area contributed by atoms with E-state index in [1.54, 1.807) is 0 Å². The quantitative estimate of drug-likeness (QED) is 0.853. The van der Waals surface area contributed by atoms with E-state index in [-0.39, 0.29) is 23.4 Å². The lowest BCUT2D eigenvalue weighted by Gasteiger charge is -2.28. The summed E-state index contributed by atoms with van der Waals surface area (Å²) in [5, 5.41) is 6.66. The second-order valence-electron chi connectivity index (χ2n) is 7.23. The number of sulfone groups is 1. The number of fused-ring (bicyclic) bond motifs is 1. The van der Waals surface area contributed by atoms with Crippen LogP contribution < -0.4 is 10.6 Å². The number of hydrogen-bond acceptors (Lipinski definition) is 4. The first kappa shape index (κ1) is 18.8. The molecule has 0 radical (unpaired) electrons. The van der Waals surface area contributed by atoms with Crippen molar-refractivity contribution in [3.8, 4) is 0 Å². The molecule has 1 aliphatic carbocycles. The van der Waals surface area contributed by atoms with E-state index in [4.69, 9.17) is 4.42 Å². The molecule has 2 amide bonds. The minimum Gasteiger partial charge on any atom is -0.459 e. The first-order valence-electron chi connectivity index (χ1n) is 8.99. The van der Waals surface area contributed by atoms with E-state index in [0.717, 1.165) is 22.3 Å². The van der Waals surface area contributed by atoms with Crippen LogP contribution in [0.2, 0.25) is 0 Å². The number of amides is 2. The minimum atomic E-state index is -2.99. The van der Waals surface area contributed by atoms with Crippen LogP contribution in [-0.4, -0.2) is 32.0 Å². The van der Waals surface area contributed by atoms with Crippen LogP contribution in [0, 0.1) is 6.92 Å². The van der Waals surface area contributed by atoms with E-state index in [9.17, 15) is 13.2 Å². The summed E-state index contributed by atoms with van der Waals surface area (Å²) < 4.78 is 29.1. The number of aryl methyl sites for hydroxylation is 1. The standard InChI is InChI=1S/C19H26N2O4S/c1-12-16-6-4-5-7-17(16)25-18(12)13(2)20-19(22)21-14-8-10-15(11-9-14)26(3,23)24/h4-7,13-15H,8-11H2,1-3H3,(H2,20,21,22)/t13-,14?,15?/m1/s1. The van der Waals surface area contributed by atoms with Gasteiger partial charge in [-0.05, 0) is 45.6 Å². The highest BCUT2D eigenvalue weighted by Gasteiger charge is 2.29. The molecule has 2 N–H and O–H groups in total. The Hall–Kier alpha value is -2.02. The summed E-state index contributed by atoms with van der Waals surface area (Å²) in [4.78, 5) is 12.3. The zero-order valence-electron chi connectivity index (χ0n) is 15.4. The third-order valence-corrected chi connectivity index (χ3v) is 6.92. The minimum absolute atomic E-state index is 0.0111. The van der Waals surface area contributed by atoms with Crippen molar-refractivity contribution in [2.45, 2.75) is 56.9 Å². The highest BCUT2D eigenvalue weighted by atomic mass is 32.2. The number of benzene rings is 1. The first-order chi connectivity index (χ1) is 12.3. The lowest BCUT2D eigenvalue weighted by Crippen LogP contribution is -2.45. The predicted octanol–water partition coefficient (Wildman–Crippen LogP) is 3.46. The zero-order chi connectivity index (χ0) is 18.9. The molecule has 1 fully saturated rings. The van der Waals surface area contributed by atoms with Gasteiger partial charge in [-0.2, -0.15) is 0 Å². The molecule has 26 heavy (non-hydrogen) atoms. The van der Waals surface area contributed by atoms with Crippen molar-refractivity contribution >= 4 is 26.8 Å². The Morgan fingerprint density at radius 2 is 1.85 bits per heavy atom. The van der Waals surface area contributed by atoms with Gasteiger partial charge in [0.05, 0.1) is 11.3 Å². The molecule has 0 bridgehead atoms. The fourth-order valence-electron chi connectivity index (χ4n) is 3.73. The Labute approximate surface area is 154 Å². The van der Waals surface area contributed by atoms with Crippen molar-refractivity contribution in [2.24, 2.45) is 0 Å². The smallest absolute Gasteiger partial charge is 0.315 e. The molecular weight excluding hydrogens is 352 g/mol. The molecule has 1 heterocycles. The molecule has 0 aliphatic heterocycles. The molecule has 2 aromatic rings. The van der Waals surface area contributed by atoms with Crippen molar-refractivity contribution in [1.29, 1.82) is 0 Å². The Bertz CT molecular complexity index is 895. The third kappa shape index (κ3) is 4.03. The monoisotopic (exact) mass is 378 g/mol. The maximum Gasteiger partial charge on any atom is 0.315 e. The van der Waals surface area contributed by atoms with Crippen molar-refractivity contribution < 1.29 is 17.6 Å². The van der Waals surface area contributed by atoms with Gasteiger partial charge in [-0.25, -0.2) is 13.2 Å². The Morgan fingerprint density at radius 3 is 2.46 bits per heavy atom. The summed E-state index contributed by atoms with van der Waals surface area (Å²) in [5.41, 5.74) is 1.84. The van der Waals surface area contributed by atoms with Crippen LogP contribution in [0.15, 0.2) is 28.7 Å². The number of para-hydroxylation sites is 1. The van der Waals surface area contributed by atoms with Gasteiger partial charge in [0.25, 0.3) is 0 Å². The number of furan rings is 1. The van der Waals surface area contributed by atoms with Crippen LogP contribution in [0.3, 0.4) is 0 Å². The predicted molar refractivity (Wildman–Crippen MR) is 102 cm³/mol. The highest BCUT2D eigenvalue weighted by molar-refractivity contribution is 7.91. The molecule has 1 atom stereocenters. The second-order valence-corrected chi connectivity index (χ2v) is 9.56. The number of nitrogens with one attached hydrogen (secondary N) is 2. The molecular formula is C19H26N2O4S. The number of urea groups is 1. The van der Waals surface area contributed by atoms with Crippen molar-refractivity contribution in [2.75, 3.05) is 6.26 Å². The van der Waals surface area contributed by atoms with Crippen molar-refractivity contribution in [1.82, 2.24) is 10.6 Å². The number of carbonyl (C=O) groups excluding carboxylic acids is 1. The average molecular weight is 378 g/mol. The summed E-state index contributed by atoms with van der Waals surface area (Å²) in [6.07, 6.45) is 3.85. The average Bonchev–Trinajstić information content (AvgIpc) is 2.92. The van der Waals surface area contributed by atoms with Gasteiger partial charge in [-0.3, -0.25) is 0 Å². The van der Waals surface area contributed by atoms with Crippen LogP contribution in [0.1, 0.15) is 50.0 Å². The second kappa shape index (κ2) is 7.31. The molecule has 6 nitrogen and oxygen atoms in total. The largest absolute Gasteiger partial charge is 0.459 e. The van der Waals surface area contributed by atoms with Gasteiger partial charge in [0.1, 0.15) is 21.2 Å². The Morgan fingerprint density at radius 1 is 1.19 bits per heavy atom. The molecule has 1 saturated carbocycles. The molecule has 1 aliphatic rings. The first-order valence-corrected chi connectivity index (χ1v) is 10.9. The van der Waals surface area contributed by atoms with E-state index in [1.165, 1.54) is 6.26 Å². The van der Waals surface area contributed by atoms with Gasteiger partial charge in [0, 0.05) is 23.2 Å². The van der Waals surface area contributed by atoms with Crippen LogP contribution in [-0.2, 0) is 9.84 Å². The van der Waals surface area contributed by atoms with E-state index >= 15 is 0 Å². The summed E-state index contributed by atoms with van der Waals surface area (Å²) in [5.74, 6) is 0.752. The van der Waals surface area contributed by atoms with Crippen LogP contribution in [0.4, 0.5) is 4.79 Å². The van der Waals surface area contributed by atoms with Gasteiger partial charge in [0.15, 0.2) is 0 Å². The maximum atomic E-state index is 12.3. The summed E-state index contributed by atoms with van der Waals surface area (Å²) in [6.45, 7) is 3.88. The molecule has 3 rings (SSSR count). The molecule has 1 aromatic heterocycles. The number of hydrogen-bond donors (Lipinski definition) is 2. The molecule has 0 saturated heterocycles. The number of carbonyl (C=O) groups is 1. The maximum absolute atomic E-state index is 12.3. The zero-order valence-corrected chi connectivity index (χ0v) is 16.2. The topological polar surface area (TPSA) is 88.4 Å². The Balaban J connectivity index is 1.57. The summed E-state index contributed by atoms with van der Waals surface area (Å²) in [7, 11) is -2.99. The van der Waals surface area contributed by atoms with E-state index in [2.05, 4.69) is 10.6 Å². The third-order valence-electron chi connectivity index (χ3n) is 5.24. The molecule has 0 spiro atoms. The van der Waals surface area contributed by atoms with Crippen LogP contribution in [0.25, 0.3) is 11.0 Å². The lowest BCUT2D eigenvalue weighted by molar-refractivity contribution is 0.228. The number of rotatable bonds is 4. The van der Waals surface area contributed by atoms with Gasteiger partial charge in [-0.1, -0.05) is 18.2 Å². The lowest BCUT2D eigenvalue weighted by atomic mass is 9.95. The molecule has 7 heteroatoms. The Kier molecular flexibility index (Phi) is 5.27. The molecule has 142 valence electrons. The summed E-state index contributed by atoms with van der Waals surface area (Å²) >= 11 is 0. The molecule has 1 aromatic carbocycles. The van der Waals surface area contributed by atoms with E-state index in [0.29, 0.717) is 25.7 Å². The van der Waals surface area contributed by atoms with Gasteiger partial charge < -0.3 is 15.1 Å². The van der Waals surface area contributed by atoms with E-state index < -0.39 is 9.84 Å². The van der Waals surface area contributed by atoms with Crippen molar-refractivity contribution in [3.05, 3.63) is 35.6 Å². The summed E-state index contributed by atoms with van der Waals surface area (Å²) in [6, 6.07) is 7.31. The molecule has 0 unspecified atom stereocenters. The van der Waals surface area contributed by atoms with E-state index in [1.807, 2.05) is 38.1 Å². The highest BCUT2D eigenvalue weighted by Crippen LogP contribution is 2.29. The fourth-order valence-corrected chi connectivity index (χ4v) is 4.86. The fraction of sp³-hybridized carbons (Fsp3) is 0.526. The van der Waals surface area contributed by atoms with Crippen LogP contribution >= 0.6 is 0 Å². The van der Waals surface area contributed by atoms with Crippen LogP contribution in [0.5, 0.6) is 0 Å². The normalized spacial score (nSPS) is 22.1.